The Morgan fingerprint density at radius 2 is 1.94 bits per heavy atom. The standard InChI is InChI=1S/C24H31N5O2/c1-23(2,3)11-20-26-21(27-31-20)16-7-9-17(10-8-16)22(30)29-14-19(24(4,5)15-29)18-12-25-28(6)13-18/h7-10,12-13,19H,11,14-15H2,1-6H3. The van der Waals surface area contributed by atoms with E-state index >= 15 is 0 Å². The first-order valence-electron chi connectivity index (χ1n) is 10.7. The molecule has 0 bridgehead atoms. The second-order valence-corrected chi connectivity index (χ2v) is 10.5. The number of carbonyl (C=O) groups is 1. The molecule has 3 heterocycles. The van der Waals surface area contributed by atoms with Crippen LogP contribution in [0.15, 0.2) is 41.2 Å². The highest BCUT2D eigenvalue weighted by atomic mass is 16.5. The molecule has 0 spiro atoms. The van der Waals surface area contributed by atoms with Crippen molar-refractivity contribution in [2.75, 3.05) is 13.1 Å². The molecule has 0 aliphatic carbocycles. The van der Waals surface area contributed by atoms with Gasteiger partial charge in [-0.2, -0.15) is 10.1 Å². The van der Waals surface area contributed by atoms with Crippen molar-refractivity contribution in [1.82, 2.24) is 24.8 Å². The summed E-state index contributed by atoms with van der Waals surface area (Å²) >= 11 is 0. The Bertz CT molecular complexity index is 1070. The molecule has 2 aromatic heterocycles. The Hall–Kier alpha value is -2.96. The third-order valence-corrected chi connectivity index (χ3v) is 5.90. The summed E-state index contributed by atoms with van der Waals surface area (Å²) in [7, 11) is 1.92. The molecule has 1 aliphatic rings. The van der Waals surface area contributed by atoms with Gasteiger partial charge in [0.1, 0.15) is 0 Å². The minimum absolute atomic E-state index is 0.00722. The topological polar surface area (TPSA) is 77.0 Å². The lowest BCUT2D eigenvalue weighted by Crippen LogP contribution is -2.30. The van der Waals surface area contributed by atoms with E-state index in [0.717, 1.165) is 12.0 Å². The summed E-state index contributed by atoms with van der Waals surface area (Å²) in [5.41, 5.74) is 2.77. The smallest absolute Gasteiger partial charge is 0.253 e. The quantitative estimate of drug-likeness (QED) is 0.627. The molecule has 4 rings (SSSR count). The van der Waals surface area contributed by atoms with E-state index < -0.39 is 0 Å². The van der Waals surface area contributed by atoms with Gasteiger partial charge < -0.3 is 9.42 Å². The van der Waals surface area contributed by atoms with Crippen LogP contribution in [0.3, 0.4) is 0 Å². The fourth-order valence-corrected chi connectivity index (χ4v) is 4.31. The summed E-state index contributed by atoms with van der Waals surface area (Å²) in [6, 6.07) is 7.47. The molecule has 3 aromatic rings. The minimum atomic E-state index is -0.00722. The lowest BCUT2D eigenvalue weighted by molar-refractivity contribution is 0.0778. The summed E-state index contributed by atoms with van der Waals surface area (Å²) in [5, 5.41) is 8.41. The zero-order valence-corrected chi connectivity index (χ0v) is 19.2. The predicted molar refractivity (Wildman–Crippen MR) is 119 cm³/mol. The lowest BCUT2D eigenvalue weighted by Gasteiger charge is -2.24. The average molecular weight is 422 g/mol. The van der Waals surface area contributed by atoms with Gasteiger partial charge in [-0.15, -0.1) is 0 Å². The largest absolute Gasteiger partial charge is 0.339 e. The van der Waals surface area contributed by atoms with E-state index in [4.69, 9.17) is 4.52 Å². The molecule has 1 fully saturated rings. The maximum Gasteiger partial charge on any atom is 0.253 e. The van der Waals surface area contributed by atoms with Crippen molar-refractivity contribution < 1.29 is 9.32 Å². The highest BCUT2D eigenvalue weighted by Gasteiger charge is 2.42. The summed E-state index contributed by atoms with van der Waals surface area (Å²) in [6.45, 7) is 12.2. The van der Waals surface area contributed by atoms with E-state index in [-0.39, 0.29) is 22.7 Å². The van der Waals surface area contributed by atoms with Gasteiger partial charge in [-0.1, -0.05) is 51.9 Å². The summed E-state index contributed by atoms with van der Waals surface area (Å²) in [6.07, 6.45) is 4.68. The molecule has 1 aliphatic heterocycles. The zero-order chi connectivity index (χ0) is 22.4. The molecule has 1 aromatic carbocycles. The number of amides is 1. The normalized spacial score (nSPS) is 18.5. The second-order valence-electron chi connectivity index (χ2n) is 10.5. The molecule has 7 heteroatoms. The first kappa shape index (κ1) is 21.3. The molecule has 0 radical (unpaired) electrons. The van der Waals surface area contributed by atoms with Gasteiger partial charge in [0, 0.05) is 49.8 Å². The third kappa shape index (κ3) is 4.55. The molecular weight excluding hydrogens is 390 g/mol. The summed E-state index contributed by atoms with van der Waals surface area (Å²) in [5.74, 6) is 1.50. The van der Waals surface area contributed by atoms with Crippen molar-refractivity contribution >= 4 is 5.91 Å². The zero-order valence-electron chi connectivity index (χ0n) is 19.2. The van der Waals surface area contributed by atoms with Gasteiger partial charge in [0.05, 0.1) is 6.20 Å². The van der Waals surface area contributed by atoms with Gasteiger partial charge >= 0.3 is 0 Å². The van der Waals surface area contributed by atoms with Crippen LogP contribution in [-0.4, -0.2) is 43.8 Å². The first-order valence-corrected chi connectivity index (χ1v) is 10.7. The van der Waals surface area contributed by atoms with Crippen molar-refractivity contribution in [3.05, 3.63) is 53.7 Å². The number of carbonyl (C=O) groups excluding carboxylic acids is 1. The Morgan fingerprint density at radius 1 is 1.23 bits per heavy atom. The van der Waals surface area contributed by atoms with Crippen molar-refractivity contribution in [1.29, 1.82) is 0 Å². The second kappa shape index (κ2) is 7.62. The Balaban J connectivity index is 1.48. The monoisotopic (exact) mass is 421 g/mol. The van der Waals surface area contributed by atoms with Gasteiger partial charge in [0.15, 0.2) is 0 Å². The highest BCUT2D eigenvalue weighted by Crippen LogP contribution is 2.42. The number of hydrogen-bond donors (Lipinski definition) is 0. The summed E-state index contributed by atoms with van der Waals surface area (Å²) < 4.78 is 7.21. The van der Waals surface area contributed by atoms with Crippen molar-refractivity contribution in [3.8, 4) is 11.4 Å². The van der Waals surface area contributed by atoms with Crippen molar-refractivity contribution in [2.45, 2.75) is 47.0 Å². The third-order valence-electron chi connectivity index (χ3n) is 5.90. The van der Waals surface area contributed by atoms with E-state index in [2.05, 4.69) is 49.9 Å². The number of likely N-dealkylation sites (tertiary alicyclic amines) is 1. The molecule has 164 valence electrons. The van der Waals surface area contributed by atoms with Gasteiger partial charge in [-0.05, 0) is 28.5 Å². The van der Waals surface area contributed by atoms with Crippen LogP contribution in [0.4, 0.5) is 0 Å². The molecule has 1 saturated heterocycles. The van der Waals surface area contributed by atoms with E-state index in [1.165, 1.54) is 5.56 Å². The Labute approximate surface area is 183 Å². The first-order chi connectivity index (χ1) is 14.5. The molecule has 0 saturated carbocycles. The van der Waals surface area contributed by atoms with E-state index in [0.29, 0.717) is 30.4 Å². The van der Waals surface area contributed by atoms with Gasteiger partial charge in [-0.3, -0.25) is 9.48 Å². The molecule has 7 nitrogen and oxygen atoms in total. The number of aromatic nitrogens is 4. The highest BCUT2D eigenvalue weighted by molar-refractivity contribution is 5.95. The van der Waals surface area contributed by atoms with Crippen LogP contribution in [0.2, 0.25) is 0 Å². The molecule has 0 N–H and O–H groups in total. The minimum Gasteiger partial charge on any atom is -0.339 e. The Morgan fingerprint density at radius 3 is 2.55 bits per heavy atom. The van der Waals surface area contributed by atoms with E-state index in [1.807, 2.05) is 53.3 Å². The van der Waals surface area contributed by atoms with E-state index in [9.17, 15) is 4.79 Å². The fourth-order valence-electron chi connectivity index (χ4n) is 4.31. The Kier molecular flexibility index (Phi) is 5.23. The maximum absolute atomic E-state index is 13.2. The molecule has 1 atom stereocenters. The van der Waals surface area contributed by atoms with Crippen LogP contribution in [-0.2, 0) is 13.5 Å². The van der Waals surface area contributed by atoms with Gasteiger partial charge in [0.2, 0.25) is 11.7 Å². The number of hydrogen-bond acceptors (Lipinski definition) is 5. The van der Waals surface area contributed by atoms with Crippen LogP contribution >= 0.6 is 0 Å². The molecule has 31 heavy (non-hydrogen) atoms. The molecule has 1 unspecified atom stereocenters. The van der Waals surface area contributed by atoms with E-state index in [1.54, 1.807) is 0 Å². The van der Waals surface area contributed by atoms with Crippen LogP contribution in [0.1, 0.15) is 62.3 Å². The van der Waals surface area contributed by atoms with Crippen LogP contribution in [0, 0.1) is 10.8 Å². The average Bonchev–Trinajstić information content (AvgIpc) is 3.38. The van der Waals surface area contributed by atoms with Gasteiger partial charge in [0.25, 0.3) is 5.91 Å². The number of benzene rings is 1. The van der Waals surface area contributed by atoms with Crippen LogP contribution in [0.25, 0.3) is 11.4 Å². The number of nitrogens with zero attached hydrogens (tertiary/aromatic N) is 5. The molecule has 1 amide bonds. The number of aryl methyl sites for hydroxylation is 1. The predicted octanol–water partition coefficient (Wildman–Crippen LogP) is 4.32. The lowest BCUT2D eigenvalue weighted by atomic mass is 9.79. The molecular formula is C24H31N5O2. The van der Waals surface area contributed by atoms with Gasteiger partial charge in [-0.25, -0.2) is 0 Å². The van der Waals surface area contributed by atoms with Crippen molar-refractivity contribution in [2.24, 2.45) is 17.9 Å². The number of rotatable bonds is 4. The SMILES string of the molecule is Cn1cc(C2CN(C(=O)c3ccc(-c4noc(CC(C)(C)C)n4)cc3)CC2(C)C)cn1. The van der Waals surface area contributed by atoms with Crippen LogP contribution < -0.4 is 0 Å². The van der Waals surface area contributed by atoms with Crippen molar-refractivity contribution in [3.63, 3.8) is 0 Å². The summed E-state index contributed by atoms with van der Waals surface area (Å²) in [4.78, 5) is 19.6. The maximum atomic E-state index is 13.2. The van der Waals surface area contributed by atoms with Crippen LogP contribution in [0.5, 0.6) is 0 Å². The fraction of sp³-hybridized carbons (Fsp3) is 0.500.